The van der Waals surface area contributed by atoms with Gasteiger partial charge in [-0.1, -0.05) is 6.92 Å². The highest BCUT2D eigenvalue weighted by Crippen LogP contribution is 2.29. The van der Waals surface area contributed by atoms with Gasteiger partial charge in [0.1, 0.15) is 6.10 Å². The van der Waals surface area contributed by atoms with E-state index in [1.54, 1.807) is 0 Å². The Balaban J connectivity index is 2.14. The number of carboxylic acid groups (broad SMARTS) is 1. The van der Waals surface area contributed by atoms with Crippen LogP contribution in [0.25, 0.3) is 0 Å². The molecule has 0 aromatic heterocycles. The fourth-order valence-corrected chi connectivity index (χ4v) is 1.25. The number of ether oxygens (including phenoxy) is 1. The van der Waals surface area contributed by atoms with Crippen LogP contribution < -0.4 is 0 Å². The topological polar surface area (TPSA) is 63.6 Å². The Labute approximate surface area is 76.9 Å². The van der Waals surface area contributed by atoms with Gasteiger partial charge in [-0.25, -0.2) is 0 Å². The SMILES string of the molecule is C[C@H]1CC[C@H]1OC(=O)CCC(=O)O. The third kappa shape index (κ3) is 3.05. The summed E-state index contributed by atoms with van der Waals surface area (Å²) in [7, 11) is 0. The molecule has 0 aromatic rings. The molecule has 1 rings (SSSR count). The smallest absolute Gasteiger partial charge is 0.306 e. The van der Waals surface area contributed by atoms with Crippen molar-refractivity contribution < 1.29 is 19.4 Å². The number of carbonyl (C=O) groups excluding carboxylic acids is 1. The predicted molar refractivity (Wildman–Crippen MR) is 45.1 cm³/mol. The first-order valence-electron chi connectivity index (χ1n) is 4.51. The van der Waals surface area contributed by atoms with Gasteiger partial charge in [0.25, 0.3) is 0 Å². The first-order chi connectivity index (χ1) is 6.09. The molecule has 1 saturated carbocycles. The molecule has 0 unspecified atom stereocenters. The van der Waals surface area contributed by atoms with Gasteiger partial charge in [-0.2, -0.15) is 0 Å². The summed E-state index contributed by atoms with van der Waals surface area (Å²) in [5, 5.41) is 8.31. The summed E-state index contributed by atoms with van der Waals surface area (Å²) in [6, 6.07) is 0. The highest BCUT2D eigenvalue weighted by atomic mass is 16.5. The standard InChI is InChI=1S/C9H14O4/c1-6-2-3-7(6)13-9(12)5-4-8(10)11/h6-7H,2-5H2,1H3,(H,10,11)/t6-,7+/m0/s1. The van der Waals surface area contributed by atoms with Gasteiger partial charge in [0.05, 0.1) is 12.8 Å². The Hall–Kier alpha value is -1.06. The highest BCUT2D eigenvalue weighted by Gasteiger charge is 2.30. The Morgan fingerprint density at radius 3 is 2.46 bits per heavy atom. The zero-order valence-electron chi connectivity index (χ0n) is 7.66. The first kappa shape index (κ1) is 10.0. The maximum atomic E-state index is 11.0. The summed E-state index contributed by atoms with van der Waals surface area (Å²) in [5.74, 6) is -0.911. The number of hydrogen-bond acceptors (Lipinski definition) is 3. The normalized spacial score (nSPS) is 26.2. The highest BCUT2D eigenvalue weighted by molar-refractivity contribution is 5.76. The molecule has 1 aliphatic rings. The van der Waals surface area contributed by atoms with E-state index in [1.807, 2.05) is 6.92 Å². The maximum absolute atomic E-state index is 11.0. The zero-order valence-corrected chi connectivity index (χ0v) is 7.66. The zero-order chi connectivity index (χ0) is 9.84. The Kier molecular flexibility index (Phi) is 3.28. The van der Waals surface area contributed by atoms with Gasteiger partial charge in [0.15, 0.2) is 0 Å². The van der Waals surface area contributed by atoms with Crippen LogP contribution in [-0.2, 0) is 14.3 Å². The van der Waals surface area contributed by atoms with Crippen molar-refractivity contribution in [1.29, 1.82) is 0 Å². The molecule has 0 saturated heterocycles. The van der Waals surface area contributed by atoms with Gasteiger partial charge in [-0.3, -0.25) is 9.59 Å². The number of aliphatic carboxylic acids is 1. The summed E-state index contributed by atoms with van der Waals surface area (Å²) in [4.78, 5) is 21.1. The molecule has 1 fully saturated rings. The van der Waals surface area contributed by atoms with Crippen LogP contribution in [0.15, 0.2) is 0 Å². The third-order valence-corrected chi connectivity index (χ3v) is 2.37. The molecule has 13 heavy (non-hydrogen) atoms. The summed E-state index contributed by atoms with van der Waals surface area (Å²) in [6.07, 6.45) is 1.89. The second-order valence-corrected chi connectivity index (χ2v) is 3.48. The molecule has 0 radical (unpaired) electrons. The van der Waals surface area contributed by atoms with E-state index in [0.717, 1.165) is 12.8 Å². The Morgan fingerprint density at radius 1 is 1.38 bits per heavy atom. The van der Waals surface area contributed by atoms with Crippen LogP contribution in [0.1, 0.15) is 32.6 Å². The molecule has 4 nitrogen and oxygen atoms in total. The average Bonchev–Trinajstić information content (AvgIpc) is 2.08. The van der Waals surface area contributed by atoms with E-state index >= 15 is 0 Å². The summed E-state index contributed by atoms with van der Waals surface area (Å²) in [6.45, 7) is 2.03. The molecule has 2 atom stereocenters. The van der Waals surface area contributed by atoms with E-state index < -0.39 is 5.97 Å². The number of hydrogen-bond donors (Lipinski definition) is 1. The van der Waals surface area contributed by atoms with Crippen molar-refractivity contribution in [3.05, 3.63) is 0 Å². The summed E-state index contributed by atoms with van der Waals surface area (Å²) < 4.78 is 5.05. The third-order valence-electron chi connectivity index (χ3n) is 2.37. The van der Waals surface area contributed by atoms with Crippen LogP contribution in [0, 0.1) is 5.92 Å². The van der Waals surface area contributed by atoms with Crippen LogP contribution in [0.5, 0.6) is 0 Å². The van der Waals surface area contributed by atoms with E-state index in [9.17, 15) is 9.59 Å². The molecule has 0 aliphatic heterocycles. The number of rotatable bonds is 4. The van der Waals surface area contributed by atoms with Crippen molar-refractivity contribution >= 4 is 11.9 Å². The van der Waals surface area contributed by atoms with E-state index in [2.05, 4.69) is 0 Å². The quantitative estimate of drug-likeness (QED) is 0.670. The second-order valence-electron chi connectivity index (χ2n) is 3.48. The molecule has 0 spiro atoms. The molecule has 0 heterocycles. The van der Waals surface area contributed by atoms with Crippen LogP contribution in [0.4, 0.5) is 0 Å². The van der Waals surface area contributed by atoms with Crippen LogP contribution in [-0.4, -0.2) is 23.1 Å². The fourth-order valence-electron chi connectivity index (χ4n) is 1.25. The van der Waals surface area contributed by atoms with Crippen molar-refractivity contribution in [2.24, 2.45) is 5.92 Å². The van der Waals surface area contributed by atoms with Crippen molar-refractivity contribution in [2.45, 2.75) is 38.7 Å². The lowest BCUT2D eigenvalue weighted by Gasteiger charge is -2.32. The van der Waals surface area contributed by atoms with E-state index in [4.69, 9.17) is 9.84 Å². The maximum Gasteiger partial charge on any atom is 0.306 e. The summed E-state index contributed by atoms with van der Waals surface area (Å²) in [5.41, 5.74) is 0. The Morgan fingerprint density at radius 2 is 2.08 bits per heavy atom. The molecule has 0 bridgehead atoms. The molecule has 4 heteroatoms. The lowest BCUT2D eigenvalue weighted by Crippen LogP contribution is -2.33. The van der Waals surface area contributed by atoms with Gasteiger partial charge >= 0.3 is 11.9 Å². The molecule has 74 valence electrons. The van der Waals surface area contributed by atoms with Crippen molar-refractivity contribution in [3.8, 4) is 0 Å². The van der Waals surface area contributed by atoms with Gasteiger partial charge in [0.2, 0.25) is 0 Å². The molecule has 1 N–H and O–H groups in total. The molecule has 0 aromatic carbocycles. The van der Waals surface area contributed by atoms with Crippen LogP contribution in [0.3, 0.4) is 0 Å². The van der Waals surface area contributed by atoms with E-state index in [-0.39, 0.29) is 24.9 Å². The molecular weight excluding hydrogens is 172 g/mol. The fraction of sp³-hybridized carbons (Fsp3) is 0.778. The van der Waals surface area contributed by atoms with Crippen LogP contribution >= 0.6 is 0 Å². The van der Waals surface area contributed by atoms with E-state index in [0.29, 0.717) is 5.92 Å². The molecule has 0 amide bonds. The average molecular weight is 186 g/mol. The first-order valence-corrected chi connectivity index (χ1v) is 4.51. The number of esters is 1. The van der Waals surface area contributed by atoms with Crippen molar-refractivity contribution in [1.82, 2.24) is 0 Å². The predicted octanol–water partition coefficient (Wildman–Crippen LogP) is 1.19. The van der Waals surface area contributed by atoms with Gasteiger partial charge in [-0.05, 0) is 18.8 Å². The second kappa shape index (κ2) is 4.25. The number of carbonyl (C=O) groups is 2. The van der Waals surface area contributed by atoms with Crippen LogP contribution in [0.2, 0.25) is 0 Å². The minimum Gasteiger partial charge on any atom is -0.481 e. The largest absolute Gasteiger partial charge is 0.481 e. The minimum atomic E-state index is -0.960. The number of carboxylic acids is 1. The lowest BCUT2D eigenvalue weighted by molar-refractivity contribution is -0.159. The summed E-state index contributed by atoms with van der Waals surface area (Å²) >= 11 is 0. The van der Waals surface area contributed by atoms with Crippen molar-refractivity contribution in [2.75, 3.05) is 0 Å². The van der Waals surface area contributed by atoms with Gasteiger partial charge in [0, 0.05) is 0 Å². The monoisotopic (exact) mass is 186 g/mol. The Bertz CT molecular complexity index is 212. The lowest BCUT2D eigenvalue weighted by atomic mass is 9.83. The van der Waals surface area contributed by atoms with Gasteiger partial charge in [-0.15, -0.1) is 0 Å². The van der Waals surface area contributed by atoms with Crippen molar-refractivity contribution in [3.63, 3.8) is 0 Å². The van der Waals surface area contributed by atoms with Gasteiger partial charge < -0.3 is 9.84 Å². The molecular formula is C9H14O4. The minimum absolute atomic E-state index is 0.0153. The van der Waals surface area contributed by atoms with E-state index in [1.165, 1.54) is 0 Å². The molecule has 1 aliphatic carbocycles.